The summed E-state index contributed by atoms with van der Waals surface area (Å²) in [4.78, 5) is 32.3. The van der Waals surface area contributed by atoms with Gasteiger partial charge in [0.15, 0.2) is 5.78 Å². The molecule has 0 spiro atoms. The second-order valence-corrected chi connectivity index (χ2v) is 8.23. The van der Waals surface area contributed by atoms with E-state index in [1.807, 2.05) is 42.2 Å². The monoisotopic (exact) mass is 416 g/mol. The van der Waals surface area contributed by atoms with Gasteiger partial charge in [0.05, 0.1) is 11.7 Å². The third-order valence-electron chi connectivity index (χ3n) is 5.12. The Labute approximate surface area is 171 Å². The summed E-state index contributed by atoms with van der Waals surface area (Å²) in [5.74, 6) is 0.216. The van der Waals surface area contributed by atoms with Crippen molar-refractivity contribution in [3.8, 4) is 0 Å². The SMILES string of the molecule is CCc1nc2sc(N3CCC[C@@H]3C(=O)CCc3ccccc3)nn2c(=O)c1Cl. The first-order valence-electron chi connectivity index (χ1n) is 9.50. The predicted molar refractivity (Wildman–Crippen MR) is 112 cm³/mol. The van der Waals surface area contributed by atoms with Crippen LogP contribution in [0, 0.1) is 0 Å². The zero-order valence-electron chi connectivity index (χ0n) is 15.6. The standard InChI is InChI=1S/C20H21ClN4O2S/c1-2-14-17(21)18(27)25-19(22-14)28-20(23-25)24-12-6-9-15(24)16(26)11-10-13-7-4-3-5-8-13/h3-5,7-8,15H,2,6,9-12H2,1H3/t15-/m1/s1. The number of benzene rings is 1. The fourth-order valence-electron chi connectivity index (χ4n) is 3.62. The molecule has 28 heavy (non-hydrogen) atoms. The molecular weight excluding hydrogens is 396 g/mol. The average molecular weight is 417 g/mol. The van der Waals surface area contributed by atoms with E-state index in [2.05, 4.69) is 10.1 Å². The summed E-state index contributed by atoms with van der Waals surface area (Å²) < 4.78 is 1.26. The van der Waals surface area contributed by atoms with E-state index < -0.39 is 0 Å². The van der Waals surface area contributed by atoms with Crippen LogP contribution in [0.4, 0.5) is 5.13 Å². The number of hydrogen-bond donors (Lipinski definition) is 0. The van der Waals surface area contributed by atoms with Crippen LogP contribution in [0.2, 0.25) is 5.02 Å². The maximum Gasteiger partial charge on any atom is 0.294 e. The van der Waals surface area contributed by atoms with Gasteiger partial charge >= 0.3 is 0 Å². The molecule has 0 amide bonds. The summed E-state index contributed by atoms with van der Waals surface area (Å²) in [6, 6.07) is 9.84. The van der Waals surface area contributed by atoms with Crippen molar-refractivity contribution in [1.29, 1.82) is 0 Å². The second kappa shape index (κ2) is 8.01. The Morgan fingerprint density at radius 3 is 2.86 bits per heavy atom. The van der Waals surface area contributed by atoms with E-state index >= 15 is 0 Å². The third-order valence-corrected chi connectivity index (χ3v) is 6.45. The predicted octanol–water partition coefficient (Wildman–Crippen LogP) is 3.54. The van der Waals surface area contributed by atoms with E-state index in [-0.39, 0.29) is 22.4 Å². The highest BCUT2D eigenvalue weighted by Crippen LogP contribution is 2.30. The van der Waals surface area contributed by atoms with Crippen LogP contribution in [-0.2, 0) is 17.6 Å². The summed E-state index contributed by atoms with van der Waals surface area (Å²) >= 11 is 7.46. The van der Waals surface area contributed by atoms with Crippen molar-refractivity contribution in [1.82, 2.24) is 14.6 Å². The van der Waals surface area contributed by atoms with Gasteiger partial charge in [-0.1, -0.05) is 60.2 Å². The Bertz CT molecular complexity index is 1060. The van der Waals surface area contributed by atoms with Crippen molar-refractivity contribution in [2.45, 2.75) is 45.1 Å². The zero-order chi connectivity index (χ0) is 19.7. The molecule has 4 rings (SSSR count). The molecule has 3 aromatic rings. The lowest BCUT2D eigenvalue weighted by Crippen LogP contribution is -2.36. The van der Waals surface area contributed by atoms with E-state index in [4.69, 9.17) is 11.6 Å². The first kappa shape index (κ1) is 19.1. The van der Waals surface area contributed by atoms with Gasteiger partial charge in [0.2, 0.25) is 10.1 Å². The molecule has 1 aliphatic rings. The first-order chi connectivity index (χ1) is 13.6. The van der Waals surface area contributed by atoms with Crippen LogP contribution in [0.25, 0.3) is 4.96 Å². The van der Waals surface area contributed by atoms with Crippen molar-refractivity contribution in [3.63, 3.8) is 0 Å². The second-order valence-electron chi connectivity index (χ2n) is 6.91. The topological polar surface area (TPSA) is 67.6 Å². The van der Waals surface area contributed by atoms with Crippen LogP contribution in [0.1, 0.15) is 37.4 Å². The molecule has 1 aliphatic heterocycles. The van der Waals surface area contributed by atoms with Crippen molar-refractivity contribution in [3.05, 3.63) is 57.0 Å². The van der Waals surface area contributed by atoms with Crippen molar-refractivity contribution in [2.75, 3.05) is 11.4 Å². The van der Waals surface area contributed by atoms with E-state index in [1.165, 1.54) is 15.9 Å². The number of aryl methyl sites for hydroxylation is 2. The highest BCUT2D eigenvalue weighted by molar-refractivity contribution is 7.20. The highest BCUT2D eigenvalue weighted by Gasteiger charge is 2.32. The fraction of sp³-hybridized carbons (Fsp3) is 0.400. The van der Waals surface area contributed by atoms with Crippen LogP contribution in [0.5, 0.6) is 0 Å². The van der Waals surface area contributed by atoms with Crippen LogP contribution in [0.3, 0.4) is 0 Å². The molecule has 0 saturated carbocycles. The van der Waals surface area contributed by atoms with E-state index in [0.717, 1.165) is 31.4 Å². The highest BCUT2D eigenvalue weighted by atomic mass is 35.5. The Hall–Kier alpha value is -2.25. The summed E-state index contributed by atoms with van der Waals surface area (Å²) in [6.45, 7) is 2.67. The van der Waals surface area contributed by atoms with Gasteiger partial charge in [0.25, 0.3) is 5.56 Å². The molecule has 1 atom stereocenters. The number of aromatic nitrogens is 3. The largest absolute Gasteiger partial charge is 0.337 e. The number of Topliss-reactive ketones (excluding diaryl/α,β-unsaturated/α-hetero) is 1. The third kappa shape index (κ3) is 3.56. The number of hydrogen-bond acceptors (Lipinski definition) is 6. The number of carbonyl (C=O) groups excluding carboxylic acids is 1. The maximum atomic E-state index is 12.9. The minimum absolute atomic E-state index is 0.119. The summed E-state index contributed by atoms with van der Waals surface area (Å²) in [6.07, 6.45) is 3.57. The number of ketones is 1. The molecule has 1 fully saturated rings. The van der Waals surface area contributed by atoms with Gasteiger partial charge in [-0.05, 0) is 31.2 Å². The van der Waals surface area contributed by atoms with Crippen LogP contribution < -0.4 is 10.5 Å². The van der Waals surface area contributed by atoms with Gasteiger partial charge in [-0.15, -0.1) is 5.10 Å². The van der Waals surface area contributed by atoms with Gasteiger partial charge in [0, 0.05) is 13.0 Å². The average Bonchev–Trinajstić information content (AvgIpc) is 3.36. The minimum Gasteiger partial charge on any atom is -0.337 e. The molecule has 1 aromatic carbocycles. The summed E-state index contributed by atoms with van der Waals surface area (Å²) in [7, 11) is 0. The lowest BCUT2D eigenvalue weighted by molar-refractivity contribution is -0.120. The van der Waals surface area contributed by atoms with Gasteiger partial charge in [-0.2, -0.15) is 4.52 Å². The Kier molecular flexibility index (Phi) is 5.46. The minimum atomic E-state index is -0.350. The molecule has 0 aliphatic carbocycles. The molecule has 8 heteroatoms. The Morgan fingerprint density at radius 1 is 1.32 bits per heavy atom. The quantitative estimate of drug-likeness (QED) is 0.614. The van der Waals surface area contributed by atoms with Crippen LogP contribution >= 0.6 is 22.9 Å². The molecule has 0 bridgehead atoms. The molecule has 0 radical (unpaired) electrons. The van der Waals surface area contributed by atoms with Gasteiger partial charge in [0.1, 0.15) is 5.02 Å². The fourth-order valence-corrected chi connectivity index (χ4v) is 4.86. The van der Waals surface area contributed by atoms with Gasteiger partial charge < -0.3 is 4.90 Å². The van der Waals surface area contributed by atoms with Crippen molar-refractivity contribution >= 4 is 38.8 Å². The summed E-state index contributed by atoms with van der Waals surface area (Å²) in [5, 5.41) is 5.21. The van der Waals surface area contributed by atoms with Crippen molar-refractivity contribution in [2.24, 2.45) is 0 Å². The molecular formula is C20H21ClN4O2S. The maximum absolute atomic E-state index is 12.9. The molecule has 0 unspecified atom stereocenters. The smallest absolute Gasteiger partial charge is 0.294 e. The van der Waals surface area contributed by atoms with E-state index in [1.54, 1.807) is 0 Å². The molecule has 2 aromatic heterocycles. The zero-order valence-corrected chi connectivity index (χ0v) is 17.2. The number of halogens is 1. The molecule has 6 nitrogen and oxygen atoms in total. The number of nitrogens with zero attached hydrogens (tertiary/aromatic N) is 4. The molecule has 1 saturated heterocycles. The van der Waals surface area contributed by atoms with E-state index in [9.17, 15) is 9.59 Å². The lowest BCUT2D eigenvalue weighted by atomic mass is 10.0. The molecule has 3 heterocycles. The summed E-state index contributed by atoms with van der Waals surface area (Å²) in [5.41, 5.74) is 1.40. The molecule has 146 valence electrons. The molecule has 0 N–H and O–H groups in total. The number of carbonyl (C=O) groups is 1. The number of anilines is 1. The number of fused-ring (bicyclic) bond motifs is 1. The lowest BCUT2D eigenvalue weighted by Gasteiger charge is -2.22. The van der Waals surface area contributed by atoms with Crippen molar-refractivity contribution < 1.29 is 4.79 Å². The number of rotatable bonds is 6. The first-order valence-corrected chi connectivity index (χ1v) is 10.7. The van der Waals surface area contributed by atoms with Gasteiger partial charge in [-0.25, -0.2) is 4.98 Å². The van der Waals surface area contributed by atoms with Gasteiger partial charge in [-0.3, -0.25) is 9.59 Å². The van der Waals surface area contributed by atoms with E-state index in [0.29, 0.717) is 28.6 Å². The Balaban J connectivity index is 1.57. The van der Waals surface area contributed by atoms with Crippen LogP contribution in [-0.4, -0.2) is 33.0 Å². The normalized spacial score (nSPS) is 16.8. The Morgan fingerprint density at radius 2 is 2.11 bits per heavy atom. The van der Waals surface area contributed by atoms with Crippen LogP contribution in [0.15, 0.2) is 35.1 Å².